The second kappa shape index (κ2) is 5.29. The van der Waals surface area contributed by atoms with Gasteiger partial charge in [0.05, 0.1) is 13.2 Å². The molecule has 0 saturated carbocycles. The first-order chi connectivity index (χ1) is 9.86. The molecule has 1 aliphatic rings. The summed E-state index contributed by atoms with van der Waals surface area (Å²) in [5.74, 6) is 1.03. The van der Waals surface area contributed by atoms with E-state index in [4.69, 9.17) is 17.0 Å². The number of nitrogens with zero attached hydrogens (tertiary/aromatic N) is 1. The number of nitrogens with one attached hydrogen (secondary N) is 1. The summed E-state index contributed by atoms with van der Waals surface area (Å²) < 4.78 is 9.84. The van der Waals surface area contributed by atoms with E-state index in [1.807, 2.05) is 6.20 Å². The van der Waals surface area contributed by atoms with Crippen LogP contribution in [0, 0.1) is 4.77 Å². The van der Waals surface area contributed by atoms with E-state index in [-0.39, 0.29) is 5.41 Å². The Morgan fingerprint density at radius 1 is 1.38 bits per heavy atom. The summed E-state index contributed by atoms with van der Waals surface area (Å²) in [6, 6.07) is 4.28. The van der Waals surface area contributed by atoms with Crippen LogP contribution in [0.4, 0.5) is 0 Å². The van der Waals surface area contributed by atoms with Crippen LogP contribution < -0.4 is 4.74 Å². The maximum absolute atomic E-state index is 5.82. The number of hydrogen-bond donors (Lipinski definition) is 1. The van der Waals surface area contributed by atoms with Gasteiger partial charge in [0.25, 0.3) is 0 Å². The van der Waals surface area contributed by atoms with Crippen LogP contribution in [0.3, 0.4) is 0 Å². The summed E-state index contributed by atoms with van der Waals surface area (Å²) in [6.07, 6.45) is 2.99. The van der Waals surface area contributed by atoms with Crippen LogP contribution in [-0.2, 0) is 18.4 Å². The molecule has 0 fully saturated rings. The predicted molar refractivity (Wildman–Crippen MR) is 90.8 cm³/mol. The molecule has 3 nitrogen and oxygen atoms in total. The molecule has 1 N–H and O–H groups in total. The molecular weight excluding hydrogens is 348 g/mol. The Kier molecular flexibility index (Phi) is 3.74. The highest BCUT2D eigenvalue weighted by Crippen LogP contribution is 2.34. The molecule has 0 amide bonds. The topological polar surface area (TPSA) is 29.9 Å². The molecule has 1 aromatic heterocycles. The molecule has 112 valence electrons. The molecule has 0 bridgehead atoms. The smallest absolute Gasteiger partial charge is 0.177 e. The number of aromatic nitrogens is 2. The number of aromatic amines is 1. The van der Waals surface area contributed by atoms with Crippen LogP contribution in [-0.4, -0.2) is 16.2 Å². The SMILES string of the molecule is CC(C)(C)c1c[nH]c(=S)n1Cc1cc(Br)cc2c1OCC2. The van der Waals surface area contributed by atoms with Crippen LogP contribution in [0.5, 0.6) is 5.75 Å². The van der Waals surface area contributed by atoms with Gasteiger partial charge >= 0.3 is 0 Å². The molecule has 0 unspecified atom stereocenters. The van der Waals surface area contributed by atoms with E-state index < -0.39 is 0 Å². The third kappa shape index (κ3) is 2.81. The molecule has 1 aliphatic heterocycles. The predicted octanol–water partition coefficient (Wildman–Crippen LogP) is 4.59. The molecule has 0 saturated heterocycles. The highest BCUT2D eigenvalue weighted by molar-refractivity contribution is 9.10. The lowest BCUT2D eigenvalue weighted by atomic mass is 9.92. The molecule has 0 radical (unpaired) electrons. The van der Waals surface area contributed by atoms with Crippen molar-refractivity contribution >= 4 is 28.1 Å². The lowest BCUT2D eigenvalue weighted by molar-refractivity contribution is 0.352. The fourth-order valence-corrected chi connectivity index (χ4v) is 3.58. The van der Waals surface area contributed by atoms with Crippen molar-refractivity contribution in [3.8, 4) is 5.75 Å². The number of H-pyrrole nitrogens is 1. The Hall–Kier alpha value is -1.07. The van der Waals surface area contributed by atoms with Crippen molar-refractivity contribution in [1.29, 1.82) is 0 Å². The minimum Gasteiger partial charge on any atom is -0.493 e. The van der Waals surface area contributed by atoms with E-state index in [1.165, 1.54) is 16.8 Å². The average molecular weight is 367 g/mol. The summed E-state index contributed by atoms with van der Waals surface area (Å²) in [6.45, 7) is 8.09. The summed E-state index contributed by atoms with van der Waals surface area (Å²) >= 11 is 9.05. The standard InChI is InChI=1S/C16H19BrN2OS/c1-16(2,3)13-8-18-15(21)19(13)9-11-7-12(17)6-10-4-5-20-14(10)11/h6-8H,4-5,9H2,1-3H3,(H,18,21). The van der Waals surface area contributed by atoms with E-state index in [2.05, 4.69) is 58.4 Å². The lowest BCUT2D eigenvalue weighted by Gasteiger charge is -2.21. The quantitative estimate of drug-likeness (QED) is 0.787. The molecule has 2 aromatic rings. The maximum Gasteiger partial charge on any atom is 0.177 e. The molecule has 3 rings (SSSR count). The second-order valence-corrected chi connectivity index (χ2v) is 7.77. The van der Waals surface area contributed by atoms with Gasteiger partial charge in [-0.25, -0.2) is 0 Å². The zero-order valence-corrected chi connectivity index (χ0v) is 14.9. The van der Waals surface area contributed by atoms with Gasteiger partial charge in [-0.05, 0) is 29.9 Å². The van der Waals surface area contributed by atoms with Gasteiger partial charge in [0, 0.05) is 33.8 Å². The number of benzene rings is 1. The van der Waals surface area contributed by atoms with Gasteiger partial charge in [-0.2, -0.15) is 0 Å². The lowest BCUT2D eigenvalue weighted by Crippen LogP contribution is -2.18. The van der Waals surface area contributed by atoms with Crippen molar-refractivity contribution < 1.29 is 4.74 Å². The monoisotopic (exact) mass is 366 g/mol. The van der Waals surface area contributed by atoms with Crippen molar-refractivity contribution in [2.24, 2.45) is 0 Å². The van der Waals surface area contributed by atoms with Crippen LogP contribution >= 0.6 is 28.1 Å². The molecule has 21 heavy (non-hydrogen) atoms. The van der Waals surface area contributed by atoms with Crippen LogP contribution in [0.15, 0.2) is 22.8 Å². The number of halogens is 1. The molecule has 0 aliphatic carbocycles. The van der Waals surface area contributed by atoms with Crippen molar-refractivity contribution in [2.75, 3.05) is 6.61 Å². The van der Waals surface area contributed by atoms with Crippen molar-refractivity contribution in [3.05, 3.63) is 44.4 Å². The zero-order valence-electron chi connectivity index (χ0n) is 12.5. The first-order valence-electron chi connectivity index (χ1n) is 7.09. The number of hydrogen-bond acceptors (Lipinski definition) is 2. The molecule has 0 spiro atoms. The fraction of sp³-hybridized carbons (Fsp3) is 0.438. The Labute approximate surface area is 138 Å². The zero-order chi connectivity index (χ0) is 15.2. The molecule has 2 heterocycles. The normalized spacial score (nSPS) is 14.1. The van der Waals surface area contributed by atoms with Gasteiger partial charge in [-0.3, -0.25) is 0 Å². The van der Waals surface area contributed by atoms with Crippen LogP contribution in [0.25, 0.3) is 0 Å². The van der Waals surface area contributed by atoms with Gasteiger partial charge in [-0.1, -0.05) is 36.7 Å². The summed E-state index contributed by atoms with van der Waals surface area (Å²) in [7, 11) is 0. The number of rotatable bonds is 2. The first-order valence-corrected chi connectivity index (χ1v) is 8.29. The van der Waals surface area contributed by atoms with Gasteiger partial charge in [0.1, 0.15) is 5.75 Å². The summed E-state index contributed by atoms with van der Waals surface area (Å²) in [5, 5.41) is 0. The molecule has 5 heteroatoms. The second-order valence-electron chi connectivity index (χ2n) is 6.47. The first kappa shape index (κ1) is 14.9. The largest absolute Gasteiger partial charge is 0.493 e. The highest BCUT2D eigenvalue weighted by Gasteiger charge is 2.22. The third-order valence-electron chi connectivity index (χ3n) is 3.79. The van der Waals surface area contributed by atoms with Crippen molar-refractivity contribution in [1.82, 2.24) is 9.55 Å². The number of ether oxygens (including phenoxy) is 1. The van der Waals surface area contributed by atoms with Gasteiger partial charge in [-0.15, -0.1) is 0 Å². The van der Waals surface area contributed by atoms with E-state index in [1.54, 1.807) is 0 Å². The minimum absolute atomic E-state index is 0.0452. The molecular formula is C16H19BrN2OS. The van der Waals surface area contributed by atoms with E-state index in [9.17, 15) is 0 Å². The number of fused-ring (bicyclic) bond motifs is 1. The fourth-order valence-electron chi connectivity index (χ4n) is 2.81. The van der Waals surface area contributed by atoms with Gasteiger partial charge in [0.2, 0.25) is 0 Å². The van der Waals surface area contributed by atoms with E-state index in [0.717, 1.165) is 34.6 Å². The summed E-state index contributed by atoms with van der Waals surface area (Å²) in [4.78, 5) is 3.17. The average Bonchev–Trinajstić information content (AvgIpc) is 2.96. The van der Waals surface area contributed by atoms with E-state index in [0.29, 0.717) is 0 Å². The molecule has 1 aromatic carbocycles. The third-order valence-corrected chi connectivity index (χ3v) is 4.59. The van der Waals surface area contributed by atoms with E-state index >= 15 is 0 Å². The van der Waals surface area contributed by atoms with Crippen LogP contribution in [0.2, 0.25) is 0 Å². The Balaban J connectivity index is 2.07. The van der Waals surface area contributed by atoms with Crippen LogP contribution in [0.1, 0.15) is 37.6 Å². The Morgan fingerprint density at radius 3 is 2.86 bits per heavy atom. The Morgan fingerprint density at radius 2 is 2.14 bits per heavy atom. The highest BCUT2D eigenvalue weighted by atomic mass is 79.9. The van der Waals surface area contributed by atoms with Crippen molar-refractivity contribution in [2.45, 2.75) is 39.2 Å². The maximum atomic E-state index is 5.82. The summed E-state index contributed by atoms with van der Waals surface area (Å²) in [5.41, 5.74) is 3.71. The molecule has 0 atom stereocenters. The van der Waals surface area contributed by atoms with Gasteiger partial charge < -0.3 is 14.3 Å². The minimum atomic E-state index is 0.0452. The van der Waals surface area contributed by atoms with Crippen molar-refractivity contribution in [3.63, 3.8) is 0 Å². The van der Waals surface area contributed by atoms with Gasteiger partial charge in [0.15, 0.2) is 4.77 Å². The Bertz CT molecular complexity index is 740. The number of imidazole rings is 1.